The predicted molar refractivity (Wildman–Crippen MR) is 73.3 cm³/mol. The fraction of sp³-hybridized carbons (Fsp3) is 0.462. The summed E-state index contributed by atoms with van der Waals surface area (Å²) in [6, 6.07) is 5.44. The number of rotatable bonds is 4. The molecule has 0 saturated carbocycles. The molecule has 20 heavy (non-hydrogen) atoms. The Hall–Kier alpha value is -1.76. The zero-order chi connectivity index (χ0) is 15.0. The first kappa shape index (κ1) is 14.6. The molecular weight excluding hydrogens is 282 g/mol. The van der Waals surface area contributed by atoms with Crippen LogP contribution in [0.15, 0.2) is 18.2 Å². The predicted octanol–water partition coefficient (Wildman–Crippen LogP) is 0.855. The Kier molecular flexibility index (Phi) is 3.64. The summed E-state index contributed by atoms with van der Waals surface area (Å²) < 4.78 is 34.8. The highest BCUT2D eigenvalue weighted by Crippen LogP contribution is 2.41. The molecule has 2 rings (SSSR count). The molecule has 0 radical (unpaired) electrons. The average Bonchev–Trinajstić information content (AvgIpc) is 2.58. The summed E-state index contributed by atoms with van der Waals surface area (Å²) in [6.45, 7) is 3.55. The van der Waals surface area contributed by atoms with Crippen LogP contribution in [0.4, 0.5) is 0 Å². The van der Waals surface area contributed by atoms with E-state index in [1.807, 2.05) is 30.7 Å². The van der Waals surface area contributed by atoms with Crippen molar-refractivity contribution in [1.29, 1.82) is 0 Å². The molecule has 1 aromatic rings. The van der Waals surface area contributed by atoms with Crippen molar-refractivity contribution in [3.8, 4) is 11.5 Å². The zero-order valence-electron chi connectivity index (χ0n) is 11.6. The Bertz CT molecular complexity index is 636. The summed E-state index contributed by atoms with van der Waals surface area (Å²) in [7, 11) is -3.57. The number of fused-ring (bicyclic) bond motifs is 1. The zero-order valence-corrected chi connectivity index (χ0v) is 12.4. The van der Waals surface area contributed by atoms with Crippen LogP contribution >= 0.6 is 0 Å². The van der Waals surface area contributed by atoms with Gasteiger partial charge in [-0.1, -0.05) is 12.1 Å². The highest BCUT2D eigenvalue weighted by Gasteiger charge is 2.32. The van der Waals surface area contributed by atoms with Crippen LogP contribution in [-0.4, -0.2) is 32.8 Å². The Balaban J connectivity index is 2.06. The number of hydrogen-bond acceptors (Lipinski definition) is 5. The lowest BCUT2D eigenvalue weighted by atomic mass is 10.0. The van der Waals surface area contributed by atoms with E-state index in [2.05, 4.69) is 0 Å². The number of para-hydroxylation sites is 1. The molecule has 110 valence electrons. The fourth-order valence-corrected chi connectivity index (χ4v) is 2.55. The van der Waals surface area contributed by atoms with E-state index in [1.165, 1.54) is 0 Å². The second-order valence-electron chi connectivity index (χ2n) is 5.37. The minimum atomic E-state index is -3.57. The maximum atomic E-state index is 11.4. The third-order valence-electron chi connectivity index (χ3n) is 2.71. The molecule has 1 heterocycles. The molecule has 0 spiro atoms. The van der Waals surface area contributed by atoms with Gasteiger partial charge in [-0.25, -0.2) is 8.42 Å². The lowest BCUT2D eigenvalue weighted by molar-refractivity contribution is -0.121. The van der Waals surface area contributed by atoms with Crippen molar-refractivity contribution >= 4 is 15.9 Å². The SMILES string of the molecule is CC1(C)Cc2cccc(OCC(=O)NS(C)(=O)=O)c2O1. The highest BCUT2D eigenvalue weighted by molar-refractivity contribution is 7.89. The van der Waals surface area contributed by atoms with Gasteiger partial charge >= 0.3 is 0 Å². The van der Waals surface area contributed by atoms with E-state index in [1.54, 1.807) is 6.07 Å². The molecule has 7 heteroatoms. The van der Waals surface area contributed by atoms with Crippen molar-refractivity contribution in [3.63, 3.8) is 0 Å². The number of sulfonamides is 1. The van der Waals surface area contributed by atoms with E-state index in [-0.39, 0.29) is 12.2 Å². The summed E-state index contributed by atoms with van der Waals surface area (Å²) >= 11 is 0. The van der Waals surface area contributed by atoms with Gasteiger partial charge in [0.25, 0.3) is 5.91 Å². The van der Waals surface area contributed by atoms with Crippen molar-refractivity contribution < 1.29 is 22.7 Å². The number of benzene rings is 1. The molecule has 0 aliphatic carbocycles. The third-order valence-corrected chi connectivity index (χ3v) is 3.31. The molecule has 0 aromatic heterocycles. The second kappa shape index (κ2) is 4.97. The van der Waals surface area contributed by atoms with Crippen LogP contribution in [0, 0.1) is 0 Å². The second-order valence-corrected chi connectivity index (χ2v) is 7.12. The van der Waals surface area contributed by atoms with Crippen LogP contribution in [0.2, 0.25) is 0 Å². The summed E-state index contributed by atoms with van der Waals surface area (Å²) in [6.07, 6.45) is 1.67. The largest absolute Gasteiger partial charge is 0.483 e. The van der Waals surface area contributed by atoms with Crippen LogP contribution in [0.25, 0.3) is 0 Å². The average molecular weight is 299 g/mol. The molecule has 1 amide bonds. The molecule has 0 atom stereocenters. The lowest BCUT2D eigenvalue weighted by Crippen LogP contribution is -2.33. The molecule has 0 fully saturated rings. The first-order chi connectivity index (χ1) is 9.16. The molecule has 1 aliphatic heterocycles. The van der Waals surface area contributed by atoms with Crippen molar-refractivity contribution in [2.45, 2.75) is 25.9 Å². The Morgan fingerprint density at radius 2 is 2.15 bits per heavy atom. The van der Waals surface area contributed by atoms with Crippen molar-refractivity contribution in [2.75, 3.05) is 12.9 Å². The molecule has 0 saturated heterocycles. The number of ether oxygens (including phenoxy) is 2. The van der Waals surface area contributed by atoms with Gasteiger partial charge in [-0.2, -0.15) is 0 Å². The van der Waals surface area contributed by atoms with Gasteiger partial charge in [-0.15, -0.1) is 0 Å². The standard InChI is InChI=1S/C13H17NO5S/c1-13(2)7-9-5-4-6-10(12(9)19-13)18-8-11(15)14-20(3,16)17/h4-6H,7-8H2,1-3H3,(H,14,15). The van der Waals surface area contributed by atoms with Gasteiger partial charge in [0, 0.05) is 12.0 Å². The van der Waals surface area contributed by atoms with Crippen LogP contribution in [-0.2, 0) is 21.2 Å². The van der Waals surface area contributed by atoms with E-state index < -0.39 is 15.9 Å². The summed E-state index contributed by atoms with van der Waals surface area (Å²) in [5.41, 5.74) is 0.701. The van der Waals surface area contributed by atoms with E-state index in [4.69, 9.17) is 9.47 Å². The van der Waals surface area contributed by atoms with Gasteiger partial charge in [-0.3, -0.25) is 9.52 Å². The molecule has 6 nitrogen and oxygen atoms in total. The van der Waals surface area contributed by atoms with Crippen molar-refractivity contribution in [2.24, 2.45) is 0 Å². The van der Waals surface area contributed by atoms with Crippen LogP contribution < -0.4 is 14.2 Å². The van der Waals surface area contributed by atoms with Crippen LogP contribution in [0.1, 0.15) is 19.4 Å². The molecule has 1 aromatic carbocycles. The molecule has 0 unspecified atom stereocenters. The van der Waals surface area contributed by atoms with Gasteiger partial charge in [0.1, 0.15) is 5.60 Å². The van der Waals surface area contributed by atoms with E-state index in [9.17, 15) is 13.2 Å². The Labute approximate surface area is 118 Å². The quantitative estimate of drug-likeness (QED) is 0.891. The lowest BCUT2D eigenvalue weighted by Gasteiger charge is -2.18. The van der Waals surface area contributed by atoms with E-state index in [0.29, 0.717) is 11.5 Å². The molecule has 1 N–H and O–H groups in total. The van der Waals surface area contributed by atoms with Crippen LogP contribution in [0.5, 0.6) is 11.5 Å². The highest BCUT2D eigenvalue weighted by atomic mass is 32.2. The van der Waals surface area contributed by atoms with Gasteiger partial charge < -0.3 is 9.47 Å². The summed E-state index contributed by atoms with van der Waals surface area (Å²) in [5.74, 6) is 0.337. The minimum absolute atomic E-state index is 0.309. The van der Waals surface area contributed by atoms with Gasteiger partial charge in [0.2, 0.25) is 10.0 Å². The fourth-order valence-electron chi connectivity index (χ4n) is 2.08. The van der Waals surface area contributed by atoms with Crippen molar-refractivity contribution in [3.05, 3.63) is 23.8 Å². The maximum Gasteiger partial charge on any atom is 0.271 e. The third kappa shape index (κ3) is 3.63. The first-order valence-electron chi connectivity index (χ1n) is 6.11. The molecular formula is C13H17NO5S. The Morgan fingerprint density at radius 1 is 1.45 bits per heavy atom. The summed E-state index contributed by atoms with van der Waals surface area (Å²) in [4.78, 5) is 11.4. The van der Waals surface area contributed by atoms with Gasteiger partial charge in [0.05, 0.1) is 6.26 Å². The minimum Gasteiger partial charge on any atom is -0.483 e. The van der Waals surface area contributed by atoms with E-state index in [0.717, 1.165) is 18.2 Å². The smallest absolute Gasteiger partial charge is 0.271 e. The van der Waals surface area contributed by atoms with Gasteiger partial charge in [0.15, 0.2) is 18.1 Å². The molecule has 1 aliphatic rings. The van der Waals surface area contributed by atoms with Crippen LogP contribution in [0.3, 0.4) is 0 Å². The number of carbonyl (C=O) groups is 1. The first-order valence-corrected chi connectivity index (χ1v) is 8.00. The van der Waals surface area contributed by atoms with E-state index >= 15 is 0 Å². The number of carbonyl (C=O) groups excluding carboxylic acids is 1. The number of hydrogen-bond donors (Lipinski definition) is 1. The number of nitrogens with one attached hydrogen (secondary N) is 1. The summed E-state index contributed by atoms with van der Waals surface area (Å²) in [5, 5.41) is 0. The Morgan fingerprint density at radius 3 is 2.80 bits per heavy atom. The molecule has 0 bridgehead atoms. The monoisotopic (exact) mass is 299 g/mol. The van der Waals surface area contributed by atoms with Crippen molar-refractivity contribution in [1.82, 2.24) is 4.72 Å². The van der Waals surface area contributed by atoms with Gasteiger partial charge in [-0.05, 0) is 19.9 Å². The topological polar surface area (TPSA) is 81.7 Å². The maximum absolute atomic E-state index is 11.4. The number of amides is 1. The normalized spacial score (nSPS) is 16.1.